The molecule has 4 aromatic carbocycles. The van der Waals surface area contributed by atoms with E-state index in [-0.39, 0.29) is 29.9 Å². The first-order valence-electron chi connectivity index (χ1n) is 17.2. The van der Waals surface area contributed by atoms with E-state index in [4.69, 9.17) is 16.2 Å². The van der Waals surface area contributed by atoms with Crippen LogP contribution in [0.25, 0.3) is 11.1 Å². The highest BCUT2D eigenvalue weighted by atomic mass is 19.1. The highest BCUT2D eigenvalue weighted by Crippen LogP contribution is 2.34. The number of fused-ring (bicyclic) bond motifs is 1. The maximum atomic E-state index is 14.3. The average Bonchev–Trinajstić information content (AvgIpc) is 3.48. The minimum Gasteiger partial charge on any atom is -0.398 e. The van der Waals surface area contributed by atoms with E-state index in [1.807, 2.05) is 24.3 Å². The van der Waals surface area contributed by atoms with Crippen molar-refractivity contribution in [3.05, 3.63) is 112 Å². The van der Waals surface area contributed by atoms with Gasteiger partial charge in [0.25, 0.3) is 11.8 Å². The van der Waals surface area contributed by atoms with Crippen LogP contribution < -0.4 is 27.0 Å². The quantitative estimate of drug-likeness (QED) is 0.116. The Balaban J connectivity index is 1.25. The number of carbonyl (C=O) groups is 2. The Kier molecular flexibility index (Phi) is 9.70. The van der Waals surface area contributed by atoms with Crippen LogP contribution in [0.1, 0.15) is 55.8 Å². The minimum absolute atomic E-state index is 0.0933. The van der Waals surface area contributed by atoms with Gasteiger partial charge in [0.1, 0.15) is 17.5 Å². The average molecular weight is 694 g/mol. The van der Waals surface area contributed by atoms with Crippen molar-refractivity contribution in [1.82, 2.24) is 10.2 Å². The number of halogens is 2. The Labute approximate surface area is 295 Å². The largest absolute Gasteiger partial charge is 0.398 e. The summed E-state index contributed by atoms with van der Waals surface area (Å²) in [4.78, 5) is 35.3. The molecule has 0 atom stereocenters. The van der Waals surface area contributed by atoms with Gasteiger partial charge in [0.05, 0.1) is 5.56 Å². The third kappa shape index (κ3) is 7.57. The Morgan fingerprint density at radius 3 is 2.43 bits per heavy atom. The Morgan fingerprint density at radius 1 is 0.941 bits per heavy atom. The smallest absolute Gasteiger partial charge is 0.281 e. The van der Waals surface area contributed by atoms with Crippen molar-refractivity contribution in [1.29, 1.82) is 0 Å². The van der Waals surface area contributed by atoms with E-state index >= 15 is 0 Å². The topological polar surface area (TPSA) is 138 Å². The lowest BCUT2D eigenvalue weighted by molar-refractivity contribution is 0.0904. The van der Waals surface area contributed by atoms with Crippen LogP contribution in [-0.2, 0) is 17.7 Å². The second kappa shape index (κ2) is 14.5. The van der Waals surface area contributed by atoms with Gasteiger partial charge in [-0.1, -0.05) is 12.1 Å². The molecule has 0 saturated carbocycles. The Bertz CT molecular complexity index is 2000. The predicted octanol–water partition coefficient (Wildman–Crippen LogP) is 4.94. The van der Waals surface area contributed by atoms with Crippen LogP contribution >= 0.6 is 0 Å². The number of ether oxygens (including phenoxy) is 1. The molecule has 6 N–H and O–H groups in total. The monoisotopic (exact) mass is 693 g/mol. The van der Waals surface area contributed by atoms with Crippen LogP contribution in [0.15, 0.2) is 71.7 Å². The van der Waals surface area contributed by atoms with Gasteiger partial charge >= 0.3 is 0 Å². The van der Waals surface area contributed by atoms with E-state index in [2.05, 4.69) is 32.5 Å². The summed E-state index contributed by atoms with van der Waals surface area (Å²) in [6, 6.07) is 18.1. The number of amidine groups is 1. The predicted molar refractivity (Wildman–Crippen MR) is 195 cm³/mol. The molecule has 3 aliphatic rings. The third-order valence-electron chi connectivity index (χ3n) is 9.88. The molecule has 2 amide bonds. The molecule has 0 aromatic heterocycles. The molecule has 4 aromatic rings. The highest BCUT2D eigenvalue weighted by Gasteiger charge is 2.23. The first-order valence-corrected chi connectivity index (χ1v) is 17.2. The van der Waals surface area contributed by atoms with Gasteiger partial charge in [-0.2, -0.15) is 4.99 Å². The molecule has 51 heavy (non-hydrogen) atoms. The molecular formula is C39H41F2N7O3. The summed E-state index contributed by atoms with van der Waals surface area (Å²) >= 11 is 0. The van der Waals surface area contributed by atoms with E-state index in [1.54, 1.807) is 24.3 Å². The minimum atomic E-state index is -0.702. The van der Waals surface area contributed by atoms with Crippen molar-refractivity contribution in [3.63, 3.8) is 0 Å². The fourth-order valence-electron chi connectivity index (χ4n) is 7.00. The normalized spacial score (nSPS) is 17.0. The molecular weight excluding hydrogens is 652 g/mol. The van der Waals surface area contributed by atoms with Crippen molar-refractivity contribution in [2.45, 2.75) is 31.8 Å². The number of aliphatic imine (C=N–C) groups is 1. The number of carbonyl (C=O) groups excluding carboxylic acids is 2. The Hall–Kier alpha value is -5.33. The number of hydrogen-bond acceptors (Lipinski definition) is 7. The third-order valence-corrected chi connectivity index (χ3v) is 9.88. The van der Waals surface area contributed by atoms with Gasteiger partial charge in [-0.25, -0.2) is 8.78 Å². The lowest BCUT2D eigenvalue weighted by Crippen LogP contribution is -2.44. The van der Waals surface area contributed by atoms with Crippen molar-refractivity contribution in [3.8, 4) is 11.1 Å². The summed E-state index contributed by atoms with van der Waals surface area (Å²) in [7, 11) is 2.11. The number of hydrogen-bond donors (Lipinski definition) is 4. The summed E-state index contributed by atoms with van der Waals surface area (Å²) in [6.07, 6.45) is 1.75. The molecule has 12 heteroatoms. The van der Waals surface area contributed by atoms with Crippen molar-refractivity contribution in [2.24, 2.45) is 10.7 Å². The SMILES string of the molecule is CN1CCN(c2ccc(C(=O)N=C(N)c3cc(Cc4cc(F)cc(F)c4)c(-c4ccc5c(c4)C(=O)NC5)cc3N)c(NC3CCOCC3)c2)CC1. The lowest BCUT2D eigenvalue weighted by Gasteiger charge is -2.34. The molecule has 0 spiro atoms. The molecule has 10 nitrogen and oxygen atoms in total. The number of benzene rings is 4. The molecule has 0 bridgehead atoms. The highest BCUT2D eigenvalue weighted by molar-refractivity contribution is 6.13. The van der Waals surface area contributed by atoms with Gasteiger partial charge in [-0.3, -0.25) is 9.59 Å². The fraction of sp³-hybridized carbons (Fsp3) is 0.308. The first-order chi connectivity index (χ1) is 24.6. The van der Waals surface area contributed by atoms with Crippen LogP contribution in [-0.4, -0.2) is 75.0 Å². The van der Waals surface area contributed by atoms with E-state index < -0.39 is 17.5 Å². The summed E-state index contributed by atoms with van der Waals surface area (Å²) in [5.41, 5.74) is 19.6. The van der Waals surface area contributed by atoms with Crippen LogP contribution in [0.5, 0.6) is 0 Å². The second-order valence-electron chi connectivity index (χ2n) is 13.5. The zero-order valence-corrected chi connectivity index (χ0v) is 28.5. The number of likely N-dealkylation sites (N-methyl/N-ethyl adjacent to an activating group) is 1. The number of nitrogen functional groups attached to an aromatic ring is 1. The lowest BCUT2D eigenvalue weighted by atomic mass is 9.90. The van der Waals surface area contributed by atoms with Crippen LogP contribution in [0.4, 0.5) is 25.8 Å². The summed E-state index contributed by atoms with van der Waals surface area (Å²) in [5, 5.41) is 6.39. The van der Waals surface area contributed by atoms with Gasteiger partial charge in [0.2, 0.25) is 0 Å². The van der Waals surface area contributed by atoms with Gasteiger partial charge in [0.15, 0.2) is 0 Å². The van der Waals surface area contributed by atoms with Crippen LogP contribution in [0.2, 0.25) is 0 Å². The molecule has 264 valence electrons. The maximum absolute atomic E-state index is 14.3. The van der Waals surface area contributed by atoms with E-state index in [0.29, 0.717) is 64.4 Å². The number of piperazine rings is 1. The molecule has 0 aliphatic carbocycles. The van der Waals surface area contributed by atoms with Gasteiger partial charge in [0, 0.05) is 86.2 Å². The zero-order chi connectivity index (χ0) is 35.6. The standard InChI is InChI=1S/C39H41F2N7O3/c1-47-8-10-48(11-9-47)30-4-5-31(36(20-30)45-29-6-12-51-13-7-29)39(50)46-37(43)34-18-26(14-23-15-27(40)19-28(41)16-23)32(21-35(34)42)24-2-3-25-22-44-38(49)33(25)17-24/h2-5,15-21,29,45H,6-14,22,42H2,1H3,(H,44,49)(H2,43,46,50). The first kappa shape index (κ1) is 34.1. The number of nitrogens with zero attached hydrogens (tertiary/aromatic N) is 3. The molecule has 2 fully saturated rings. The molecule has 7 rings (SSSR count). The summed E-state index contributed by atoms with van der Waals surface area (Å²) in [6.45, 7) is 5.38. The Morgan fingerprint density at radius 2 is 1.69 bits per heavy atom. The van der Waals surface area contributed by atoms with Crippen molar-refractivity contribution >= 4 is 34.7 Å². The molecule has 3 aliphatic heterocycles. The number of anilines is 3. The van der Waals surface area contributed by atoms with Gasteiger partial charge in [-0.15, -0.1) is 0 Å². The van der Waals surface area contributed by atoms with E-state index in [9.17, 15) is 18.4 Å². The van der Waals surface area contributed by atoms with Gasteiger partial charge in [-0.05, 0) is 103 Å². The summed E-state index contributed by atoms with van der Waals surface area (Å²) in [5.74, 6) is -2.21. The maximum Gasteiger partial charge on any atom is 0.281 e. The molecule has 3 heterocycles. The van der Waals surface area contributed by atoms with Crippen LogP contribution in [0.3, 0.4) is 0 Å². The van der Waals surface area contributed by atoms with Crippen LogP contribution in [0, 0.1) is 11.6 Å². The van der Waals surface area contributed by atoms with E-state index in [0.717, 1.165) is 56.3 Å². The fourth-order valence-corrected chi connectivity index (χ4v) is 7.00. The van der Waals surface area contributed by atoms with Crippen molar-refractivity contribution in [2.75, 3.05) is 62.4 Å². The van der Waals surface area contributed by atoms with E-state index in [1.165, 1.54) is 12.1 Å². The zero-order valence-electron chi connectivity index (χ0n) is 28.5. The summed E-state index contributed by atoms with van der Waals surface area (Å²) < 4.78 is 34.1. The number of nitrogens with one attached hydrogen (secondary N) is 2. The number of amides is 2. The number of rotatable bonds is 8. The molecule has 2 saturated heterocycles. The molecule has 0 radical (unpaired) electrons. The van der Waals surface area contributed by atoms with Gasteiger partial charge < -0.3 is 36.6 Å². The van der Waals surface area contributed by atoms with Crippen molar-refractivity contribution < 1.29 is 23.1 Å². The number of nitrogens with two attached hydrogens (primary N) is 2. The second-order valence-corrected chi connectivity index (χ2v) is 13.5. The molecule has 0 unspecified atom stereocenters.